The van der Waals surface area contributed by atoms with Crippen LogP contribution in [-0.4, -0.2) is 70.2 Å². The van der Waals surface area contributed by atoms with Crippen molar-refractivity contribution in [1.82, 2.24) is 5.32 Å². The molecular formula is C12H21NO8. The number of nitrogens with one attached hydrogen (secondary N) is 1. The first-order valence-electron chi connectivity index (χ1n) is 6.50. The van der Waals surface area contributed by atoms with Crippen LogP contribution in [0.4, 0.5) is 0 Å². The minimum absolute atomic E-state index is 0.0419. The lowest BCUT2D eigenvalue weighted by Gasteiger charge is -2.20. The van der Waals surface area contributed by atoms with Crippen LogP contribution in [0.15, 0.2) is 0 Å². The van der Waals surface area contributed by atoms with Gasteiger partial charge in [0, 0.05) is 6.54 Å². The summed E-state index contributed by atoms with van der Waals surface area (Å²) >= 11 is 0. The van der Waals surface area contributed by atoms with Crippen LogP contribution in [-0.2, 0) is 19.1 Å². The number of ether oxygens (including phenoxy) is 1. The van der Waals surface area contributed by atoms with Gasteiger partial charge in [0.1, 0.15) is 0 Å². The highest BCUT2D eigenvalue weighted by molar-refractivity contribution is 5.83. The number of rotatable bonds is 5. The molecule has 0 aromatic heterocycles. The maximum atomic E-state index is 11.1. The summed E-state index contributed by atoms with van der Waals surface area (Å²) in [7, 11) is 0. The van der Waals surface area contributed by atoms with E-state index in [0.29, 0.717) is 6.61 Å². The fraction of sp³-hybridized carbons (Fsp3) is 0.750. The van der Waals surface area contributed by atoms with Gasteiger partial charge in [-0.3, -0.25) is 4.79 Å². The second-order valence-electron chi connectivity index (χ2n) is 4.36. The molecule has 1 aliphatic heterocycles. The van der Waals surface area contributed by atoms with Crippen molar-refractivity contribution in [3.8, 4) is 0 Å². The molecule has 21 heavy (non-hydrogen) atoms. The summed E-state index contributed by atoms with van der Waals surface area (Å²) in [4.78, 5) is 30.7. The zero-order valence-corrected chi connectivity index (χ0v) is 11.7. The van der Waals surface area contributed by atoms with Crippen LogP contribution in [0.25, 0.3) is 0 Å². The molecule has 0 bridgehead atoms. The van der Waals surface area contributed by atoms with E-state index in [0.717, 1.165) is 25.9 Å². The standard InChI is InChI=1S/C8H15NO2.C4H6O6/c1-2-11-8(10)7-4-3-5-9-6-7;5-1(3(7)8)2(6)4(9)10/h7,9H,2-6H2,1H3;1-2,5-6H,(H,7,8)(H,9,10)/t7-;/m0./s1. The van der Waals surface area contributed by atoms with Crippen molar-refractivity contribution in [2.24, 2.45) is 5.92 Å². The Labute approximate surface area is 121 Å². The van der Waals surface area contributed by atoms with E-state index in [1.807, 2.05) is 6.92 Å². The van der Waals surface area contributed by atoms with E-state index in [1.165, 1.54) is 0 Å². The third-order valence-electron chi connectivity index (χ3n) is 2.72. The Kier molecular flexibility index (Phi) is 9.26. The van der Waals surface area contributed by atoms with Gasteiger partial charge in [-0.2, -0.15) is 0 Å². The molecule has 3 atom stereocenters. The van der Waals surface area contributed by atoms with Crippen LogP contribution in [0, 0.1) is 5.92 Å². The average Bonchev–Trinajstić information content (AvgIpc) is 2.47. The van der Waals surface area contributed by atoms with Crippen LogP contribution >= 0.6 is 0 Å². The van der Waals surface area contributed by atoms with Crippen molar-refractivity contribution in [1.29, 1.82) is 0 Å². The molecule has 9 nitrogen and oxygen atoms in total. The molecule has 5 N–H and O–H groups in total. The van der Waals surface area contributed by atoms with Crippen molar-refractivity contribution >= 4 is 17.9 Å². The molecule has 1 heterocycles. The lowest BCUT2D eigenvalue weighted by atomic mass is 10.0. The van der Waals surface area contributed by atoms with Crippen LogP contribution < -0.4 is 5.32 Å². The zero-order valence-electron chi connectivity index (χ0n) is 11.7. The average molecular weight is 307 g/mol. The summed E-state index contributed by atoms with van der Waals surface area (Å²) < 4.78 is 4.90. The molecule has 2 unspecified atom stereocenters. The van der Waals surface area contributed by atoms with Crippen molar-refractivity contribution < 1.29 is 39.5 Å². The maximum Gasteiger partial charge on any atom is 0.335 e. The lowest BCUT2D eigenvalue weighted by Crippen LogP contribution is -2.39. The lowest BCUT2D eigenvalue weighted by molar-refractivity contribution is -0.165. The molecule has 0 saturated carbocycles. The minimum Gasteiger partial charge on any atom is -0.479 e. The first-order valence-corrected chi connectivity index (χ1v) is 6.50. The van der Waals surface area contributed by atoms with E-state index in [9.17, 15) is 14.4 Å². The normalized spacial score (nSPS) is 20.4. The summed E-state index contributed by atoms with van der Waals surface area (Å²) in [5, 5.41) is 35.7. The van der Waals surface area contributed by atoms with E-state index in [4.69, 9.17) is 25.2 Å². The van der Waals surface area contributed by atoms with Crippen LogP contribution in [0.1, 0.15) is 19.8 Å². The van der Waals surface area contributed by atoms with Crippen molar-refractivity contribution in [3.63, 3.8) is 0 Å². The second kappa shape index (κ2) is 10.1. The molecule has 1 rings (SSSR count). The summed E-state index contributed by atoms with van der Waals surface area (Å²) in [5.41, 5.74) is 0. The van der Waals surface area contributed by atoms with Crippen molar-refractivity contribution in [2.75, 3.05) is 19.7 Å². The molecule has 0 amide bonds. The summed E-state index contributed by atoms with van der Waals surface area (Å²) in [6, 6.07) is 0. The molecule has 0 radical (unpaired) electrons. The van der Waals surface area contributed by atoms with Crippen LogP contribution in [0.5, 0.6) is 0 Å². The van der Waals surface area contributed by atoms with Crippen molar-refractivity contribution in [3.05, 3.63) is 0 Å². The number of hydrogen-bond acceptors (Lipinski definition) is 7. The van der Waals surface area contributed by atoms with Gasteiger partial charge in [0.2, 0.25) is 0 Å². The van der Waals surface area contributed by atoms with E-state index < -0.39 is 24.1 Å². The van der Waals surface area contributed by atoms with Crippen molar-refractivity contribution in [2.45, 2.75) is 32.0 Å². The number of hydrogen-bond donors (Lipinski definition) is 5. The number of aliphatic carboxylic acids is 2. The quantitative estimate of drug-likeness (QED) is 0.379. The molecular weight excluding hydrogens is 286 g/mol. The fourth-order valence-electron chi connectivity index (χ4n) is 1.58. The van der Waals surface area contributed by atoms with Gasteiger partial charge in [0.25, 0.3) is 0 Å². The Bertz CT molecular complexity index is 335. The highest BCUT2D eigenvalue weighted by Crippen LogP contribution is 2.11. The summed E-state index contributed by atoms with van der Waals surface area (Å²) in [6.45, 7) is 4.16. The topological polar surface area (TPSA) is 153 Å². The predicted octanol–water partition coefficient (Wildman–Crippen LogP) is -1.57. The number of carboxylic acids is 2. The minimum atomic E-state index is -2.27. The predicted molar refractivity (Wildman–Crippen MR) is 69.5 cm³/mol. The number of carbonyl (C=O) groups is 3. The van der Waals surface area contributed by atoms with E-state index in [1.54, 1.807) is 0 Å². The highest BCUT2D eigenvalue weighted by atomic mass is 16.5. The number of esters is 1. The largest absolute Gasteiger partial charge is 0.479 e. The van der Waals surface area contributed by atoms with Crippen LogP contribution in [0.2, 0.25) is 0 Å². The number of aliphatic hydroxyl groups excluding tert-OH is 2. The molecule has 0 aliphatic carbocycles. The van der Waals surface area contributed by atoms with Gasteiger partial charge >= 0.3 is 17.9 Å². The molecule has 0 spiro atoms. The Hall–Kier alpha value is -1.71. The first-order chi connectivity index (χ1) is 9.81. The van der Waals surface area contributed by atoms with Gasteiger partial charge in [-0.1, -0.05) is 0 Å². The maximum absolute atomic E-state index is 11.1. The SMILES string of the molecule is CCOC(=O)[C@H]1CCCNC1.O=C(O)C(O)C(O)C(=O)O. The molecule has 1 saturated heterocycles. The smallest absolute Gasteiger partial charge is 0.335 e. The van der Waals surface area contributed by atoms with Gasteiger partial charge in [0.05, 0.1) is 12.5 Å². The molecule has 9 heteroatoms. The zero-order chi connectivity index (χ0) is 16.4. The van der Waals surface area contributed by atoms with E-state index in [2.05, 4.69) is 5.32 Å². The molecule has 0 aromatic carbocycles. The van der Waals surface area contributed by atoms with Crippen LogP contribution in [0.3, 0.4) is 0 Å². The number of carbonyl (C=O) groups excluding carboxylic acids is 1. The highest BCUT2D eigenvalue weighted by Gasteiger charge is 2.29. The third kappa shape index (κ3) is 7.59. The molecule has 122 valence electrons. The Morgan fingerprint density at radius 1 is 1.19 bits per heavy atom. The molecule has 1 aliphatic rings. The van der Waals surface area contributed by atoms with Gasteiger partial charge in [0.15, 0.2) is 12.2 Å². The molecule has 1 fully saturated rings. The van der Waals surface area contributed by atoms with Gasteiger partial charge in [-0.05, 0) is 26.3 Å². The number of carboxylic acid groups (broad SMARTS) is 2. The van der Waals surface area contributed by atoms with Gasteiger partial charge in [-0.25, -0.2) is 9.59 Å². The summed E-state index contributed by atoms with van der Waals surface area (Å²) in [5.74, 6) is -3.48. The third-order valence-corrected chi connectivity index (χ3v) is 2.72. The van der Waals surface area contributed by atoms with E-state index in [-0.39, 0.29) is 11.9 Å². The second-order valence-corrected chi connectivity index (χ2v) is 4.36. The Morgan fingerprint density at radius 3 is 2.05 bits per heavy atom. The fourth-order valence-corrected chi connectivity index (χ4v) is 1.58. The summed E-state index contributed by atoms with van der Waals surface area (Å²) in [6.07, 6.45) is -2.47. The number of aliphatic hydroxyl groups is 2. The van der Waals surface area contributed by atoms with Gasteiger partial charge < -0.3 is 30.5 Å². The van der Waals surface area contributed by atoms with Gasteiger partial charge in [-0.15, -0.1) is 0 Å². The monoisotopic (exact) mass is 307 g/mol. The first kappa shape index (κ1) is 19.3. The Morgan fingerprint density at radius 2 is 1.71 bits per heavy atom. The number of piperidine rings is 1. The Balaban J connectivity index is 0.000000384. The van der Waals surface area contributed by atoms with E-state index >= 15 is 0 Å². The molecule has 0 aromatic rings.